The van der Waals surface area contributed by atoms with Crippen LogP contribution in [0.25, 0.3) is 0 Å². The number of nitrogens with one attached hydrogen (secondary N) is 2. The van der Waals surface area contributed by atoms with Gasteiger partial charge in [-0.1, -0.05) is 18.2 Å². The maximum Gasteiger partial charge on any atom is 0.224 e. The highest BCUT2D eigenvalue weighted by atomic mass is 16.1. The van der Waals surface area contributed by atoms with E-state index in [9.17, 15) is 4.79 Å². The molecule has 1 aliphatic rings. The van der Waals surface area contributed by atoms with E-state index in [2.05, 4.69) is 28.8 Å². The van der Waals surface area contributed by atoms with Crippen LogP contribution in [0.4, 0.5) is 0 Å². The van der Waals surface area contributed by atoms with E-state index < -0.39 is 0 Å². The number of aryl methyl sites for hydroxylation is 2. The number of amides is 1. The molecule has 0 atom stereocenters. The van der Waals surface area contributed by atoms with Crippen molar-refractivity contribution in [1.29, 1.82) is 0 Å². The van der Waals surface area contributed by atoms with Gasteiger partial charge in [0.05, 0.1) is 6.42 Å². The summed E-state index contributed by atoms with van der Waals surface area (Å²) in [5.74, 6) is 0.131. The summed E-state index contributed by atoms with van der Waals surface area (Å²) in [4.78, 5) is 11.8. The number of benzene rings is 1. The second-order valence-corrected chi connectivity index (χ2v) is 5.29. The molecule has 0 spiro atoms. The van der Waals surface area contributed by atoms with Crippen LogP contribution < -0.4 is 10.6 Å². The Labute approximate surface area is 115 Å². The lowest BCUT2D eigenvalue weighted by atomic mass is 9.90. The van der Waals surface area contributed by atoms with Crippen molar-refractivity contribution < 1.29 is 4.79 Å². The fourth-order valence-electron chi connectivity index (χ4n) is 2.64. The molecule has 0 unspecified atom stereocenters. The number of hydrogen-bond donors (Lipinski definition) is 2. The van der Waals surface area contributed by atoms with Crippen LogP contribution in [0.2, 0.25) is 0 Å². The molecule has 0 saturated heterocycles. The first-order chi connectivity index (χ1) is 9.29. The lowest BCUT2D eigenvalue weighted by Gasteiger charge is -2.16. The molecule has 19 heavy (non-hydrogen) atoms. The summed E-state index contributed by atoms with van der Waals surface area (Å²) >= 11 is 0. The Hall–Kier alpha value is -1.35. The molecular formula is C16H24N2O. The van der Waals surface area contributed by atoms with Crippen LogP contribution in [-0.4, -0.2) is 26.0 Å². The highest BCUT2D eigenvalue weighted by Crippen LogP contribution is 2.22. The fraction of sp³-hybridized carbons (Fsp3) is 0.562. The molecule has 0 aliphatic heterocycles. The van der Waals surface area contributed by atoms with E-state index in [-0.39, 0.29) is 5.91 Å². The van der Waals surface area contributed by atoms with Gasteiger partial charge in [0.2, 0.25) is 5.91 Å². The van der Waals surface area contributed by atoms with Crippen molar-refractivity contribution in [3.05, 3.63) is 34.9 Å². The Morgan fingerprint density at radius 3 is 2.74 bits per heavy atom. The smallest absolute Gasteiger partial charge is 0.224 e. The van der Waals surface area contributed by atoms with Crippen molar-refractivity contribution in [3.8, 4) is 0 Å². The van der Waals surface area contributed by atoms with Gasteiger partial charge in [-0.25, -0.2) is 0 Å². The summed E-state index contributed by atoms with van der Waals surface area (Å²) in [5.41, 5.74) is 4.07. The van der Waals surface area contributed by atoms with Gasteiger partial charge in [0, 0.05) is 6.54 Å². The van der Waals surface area contributed by atoms with E-state index in [1.165, 1.54) is 36.8 Å². The highest BCUT2D eigenvalue weighted by molar-refractivity contribution is 5.78. The van der Waals surface area contributed by atoms with Gasteiger partial charge < -0.3 is 10.6 Å². The van der Waals surface area contributed by atoms with E-state index in [1.54, 1.807) is 0 Å². The van der Waals surface area contributed by atoms with E-state index >= 15 is 0 Å². The largest absolute Gasteiger partial charge is 0.356 e. The van der Waals surface area contributed by atoms with Crippen molar-refractivity contribution in [1.82, 2.24) is 10.6 Å². The van der Waals surface area contributed by atoms with Crippen LogP contribution in [0.15, 0.2) is 18.2 Å². The van der Waals surface area contributed by atoms with Crippen molar-refractivity contribution in [2.45, 2.75) is 38.5 Å². The summed E-state index contributed by atoms with van der Waals surface area (Å²) in [6, 6.07) is 6.54. The Kier molecular flexibility index (Phi) is 5.40. The Morgan fingerprint density at radius 2 is 1.95 bits per heavy atom. The number of fused-ring (bicyclic) bond motifs is 1. The van der Waals surface area contributed by atoms with Gasteiger partial charge in [0.15, 0.2) is 0 Å². The van der Waals surface area contributed by atoms with Crippen LogP contribution >= 0.6 is 0 Å². The minimum Gasteiger partial charge on any atom is -0.356 e. The van der Waals surface area contributed by atoms with Crippen LogP contribution in [0, 0.1) is 0 Å². The lowest BCUT2D eigenvalue weighted by Crippen LogP contribution is -2.28. The summed E-state index contributed by atoms with van der Waals surface area (Å²) in [6.45, 7) is 1.70. The molecule has 2 rings (SSSR count). The number of hydrogen-bond acceptors (Lipinski definition) is 2. The minimum absolute atomic E-state index is 0.131. The van der Waals surface area contributed by atoms with Crippen molar-refractivity contribution in [2.24, 2.45) is 0 Å². The summed E-state index contributed by atoms with van der Waals surface area (Å²) in [7, 11) is 1.93. The molecule has 0 fully saturated rings. The molecule has 104 valence electrons. The first-order valence-corrected chi connectivity index (χ1v) is 7.31. The molecule has 3 heteroatoms. The molecule has 1 aliphatic carbocycles. The lowest BCUT2D eigenvalue weighted by molar-refractivity contribution is -0.120. The summed E-state index contributed by atoms with van der Waals surface area (Å²) in [5, 5.41) is 6.04. The van der Waals surface area contributed by atoms with Gasteiger partial charge in [-0.15, -0.1) is 0 Å². The fourth-order valence-corrected chi connectivity index (χ4v) is 2.64. The monoisotopic (exact) mass is 260 g/mol. The average molecular weight is 260 g/mol. The topological polar surface area (TPSA) is 41.1 Å². The van der Waals surface area contributed by atoms with Crippen LogP contribution in [0.1, 0.15) is 36.0 Å². The molecule has 2 N–H and O–H groups in total. The normalized spacial score (nSPS) is 13.9. The molecule has 0 radical (unpaired) electrons. The Bertz CT molecular complexity index is 429. The molecule has 0 heterocycles. The van der Waals surface area contributed by atoms with Gasteiger partial charge in [-0.3, -0.25) is 4.79 Å². The molecule has 0 bridgehead atoms. The van der Waals surface area contributed by atoms with Gasteiger partial charge in [0.25, 0.3) is 0 Å². The SMILES string of the molecule is CNCCCNC(=O)Cc1ccc2c(c1)CCCC2. The zero-order valence-corrected chi connectivity index (χ0v) is 11.8. The molecule has 1 aromatic carbocycles. The first-order valence-electron chi connectivity index (χ1n) is 7.31. The van der Waals surface area contributed by atoms with E-state index in [1.807, 2.05) is 7.05 Å². The van der Waals surface area contributed by atoms with Crippen molar-refractivity contribution >= 4 is 5.91 Å². The van der Waals surface area contributed by atoms with Crippen molar-refractivity contribution in [3.63, 3.8) is 0 Å². The minimum atomic E-state index is 0.131. The number of rotatable bonds is 6. The molecule has 1 aromatic rings. The predicted molar refractivity (Wildman–Crippen MR) is 78.3 cm³/mol. The third-order valence-electron chi connectivity index (χ3n) is 3.70. The second kappa shape index (κ2) is 7.29. The maximum atomic E-state index is 11.8. The van der Waals surface area contributed by atoms with E-state index in [4.69, 9.17) is 0 Å². The standard InChI is InChI=1S/C16H24N2O/c1-17-9-4-10-18-16(19)12-13-7-8-14-5-2-3-6-15(14)11-13/h7-8,11,17H,2-6,9-10,12H2,1H3,(H,18,19). The van der Waals surface area contributed by atoms with Crippen molar-refractivity contribution in [2.75, 3.05) is 20.1 Å². The highest BCUT2D eigenvalue weighted by Gasteiger charge is 2.10. The molecule has 0 saturated carbocycles. The predicted octanol–water partition coefficient (Wildman–Crippen LogP) is 1.83. The number of carbonyl (C=O) groups is 1. The average Bonchev–Trinajstić information content (AvgIpc) is 2.43. The third-order valence-corrected chi connectivity index (χ3v) is 3.70. The molecule has 0 aromatic heterocycles. The van der Waals surface area contributed by atoms with E-state index in [0.29, 0.717) is 6.42 Å². The summed E-state index contributed by atoms with van der Waals surface area (Å²) in [6.07, 6.45) is 6.45. The summed E-state index contributed by atoms with van der Waals surface area (Å²) < 4.78 is 0. The zero-order valence-electron chi connectivity index (χ0n) is 11.8. The van der Waals surface area contributed by atoms with Gasteiger partial charge in [-0.2, -0.15) is 0 Å². The molecular weight excluding hydrogens is 236 g/mol. The van der Waals surface area contributed by atoms with Crippen LogP contribution in [0.5, 0.6) is 0 Å². The van der Waals surface area contributed by atoms with Crippen LogP contribution in [-0.2, 0) is 24.1 Å². The Balaban J connectivity index is 1.83. The van der Waals surface area contributed by atoms with Gasteiger partial charge in [-0.05, 0) is 62.4 Å². The van der Waals surface area contributed by atoms with E-state index in [0.717, 1.165) is 25.1 Å². The quantitative estimate of drug-likeness (QED) is 0.766. The molecule has 3 nitrogen and oxygen atoms in total. The molecule has 1 amide bonds. The maximum absolute atomic E-state index is 11.8. The first kappa shape index (κ1) is 14.1. The zero-order chi connectivity index (χ0) is 13.5. The third kappa shape index (κ3) is 4.35. The number of carbonyl (C=O) groups excluding carboxylic acids is 1. The van der Waals surface area contributed by atoms with Gasteiger partial charge in [0.1, 0.15) is 0 Å². The Morgan fingerprint density at radius 1 is 1.16 bits per heavy atom. The van der Waals surface area contributed by atoms with Gasteiger partial charge >= 0.3 is 0 Å². The second-order valence-electron chi connectivity index (χ2n) is 5.29. The van der Waals surface area contributed by atoms with Crippen LogP contribution in [0.3, 0.4) is 0 Å².